The van der Waals surface area contributed by atoms with E-state index in [4.69, 9.17) is 9.47 Å². The van der Waals surface area contributed by atoms with Gasteiger partial charge < -0.3 is 14.6 Å². The lowest BCUT2D eigenvalue weighted by Crippen LogP contribution is -2.31. The normalized spacial score (nSPS) is 17.5. The summed E-state index contributed by atoms with van der Waals surface area (Å²) in [6, 6.07) is 14.3. The SMILES string of the molecule is COc1cccc(C2C(=C(O)c3ccc(OC(C)C)cc3)C(=O)C(=O)N2c2ncccn2)c1. The number of methoxy groups -OCH3 is 1. The molecule has 0 saturated carbocycles. The van der Waals surface area contributed by atoms with Crippen molar-refractivity contribution in [1.82, 2.24) is 9.97 Å². The number of nitrogens with zero attached hydrogens (tertiary/aromatic N) is 3. The van der Waals surface area contributed by atoms with Crippen LogP contribution in [0.15, 0.2) is 72.6 Å². The van der Waals surface area contributed by atoms with Crippen LogP contribution >= 0.6 is 0 Å². The van der Waals surface area contributed by atoms with E-state index in [-0.39, 0.29) is 23.4 Å². The molecule has 1 aromatic heterocycles. The number of carbonyl (C=O) groups is 2. The molecule has 0 bridgehead atoms. The Bertz CT molecular complexity index is 1210. The maximum absolute atomic E-state index is 13.1. The lowest BCUT2D eigenvalue weighted by Gasteiger charge is -2.23. The minimum atomic E-state index is -0.936. The summed E-state index contributed by atoms with van der Waals surface area (Å²) in [5.41, 5.74) is 0.895. The average Bonchev–Trinajstić information content (AvgIpc) is 3.10. The first kappa shape index (κ1) is 22.0. The largest absolute Gasteiger partial charge is 0.507 e. The summed E-state index contributed by atoms with van der Waals surface area (Å²) < 4.78 is 11.0. The Hall–Kier alpha value is -4.20. The molecule has 1 N–H and O–H groups in total. The van der Waals surface area contributed by atoms with Gasteiger partial charge in [-0.25, -0.2) is 9.97 Å². The van der Waals surface area contributed by atoms with Gasteiger partial charge in [0.2, 0.25) is 5.95 Å². The molecular formula is C25H23N3O5. The first-order chi connectivity index (χ1) is 15.9. The number of carbonyl (C=O) groups excluding carboxylic acids is 2. The number of hydrogen-bond donors (Lipinski definition) is 1. The predicted octanol–water partition coefficient (Wildman–Crippen LogP) is 3.90. The Balaban J connectivity index is 1.87. The maximum atomic E-state index is 13.1. The van der Waals surface area contributed by atoms with Crippen molar-refractivity contribution in [3.05, 3.63) is 83.7 Å². The highest BCUT2D eigenvalue weighted by atomic mass is 16.5. The minimum absolute atomic E-state index is 0.00583. The summed E-state index contributed by atoms with van der Waals surface area (Å²) in [6.45, 7) is 3.82. The van der Waals surface area contributed by atoms with Crippen molar-refractivity contribution < 1.29 is 24.2 Å². The van der Waals surface area contributed by atoms with Crippen molar-refractivity contribution in [2.75, 3.05) is 12.0 Å². The van der Waals surface area contributed by atoms with Crippen molar-refractivity contribution in [1.29, 1.82) is 0 Å². The lowest BCUT2D eigenvalue weighted by atomic mass is 9.95. The highest BCUT2D eigenvalue weighted by molar-refractivity contribution is 6.51. The predicted molar refractivity (Wildman–Crippen MR) is 122 cm³/mol. The average molecular weight is 445 g/mol. The van der Waals surface area contributed by atoms with Gasteiger partial charge in [-0.3, -0.25) is 14.5 Å². The summed E-state index contributed by atoms with van der Waals surface area (Å²) in [7, 11) is 1.52. The van der Waals surface area contributed by atoms with Gasteiger partial charge in [-0.05, 0) is 61.9 Å². The van der Waals surface area contributed by atoms with Gasteiger partial charge >= 0.3 is 5.91 Å². The molecule has 33 heavy (non-hydrogen) atoms. The van der Waals surface area contributed by atoms with Crippen LogP contribution in [0.3, 0.4) is 0 Å². The number of benzene rings is 2. The zero-order valence-corrected chi connectivity index (χ0v) is 18.4. The summed E-state index contributed by atoms with van der Waals surface area (Å²) in [5.74, 6) is -0.709. The molecular weight excluding hydrogens is 422 g/mol. The minimum Gasteiger partial charge on any atom is -0.507 e. The van der Waals surface area contributed by atoms with E-state index in [1.54, 1.807) is 54.6 Å². The van der Waals surface area contributed by atoms with Crippen LogP contribution in [0.2, 0.25) is 0 Å². The summed E-state index contributed by atoms with van der Waals surface area (Å²) >= 11 is 0. The van der Waals surface area contributed by atoms with E-state index in [0.717, 1.165) is 0 Å². The molecule has 0 spiro atoms. The van der Waals surface area contributed by atoms with Gasteiger partial charge in [0.05, 0.1) is 24.8 Å². The van der Waals surface area contributed by atoms with Gasteiger partial charge in [0.25, 0.3) is 5.78 Å². The number of ketones is 1. The molecule has 1 fully saturated rings. The molecule has 2 heterocycles. The van der Waals surface area contributed by atoms with E-state index in [9.17, 15) is 14.7 Å². The standard InChI is InChI=1S/C25H23N3O5/c1-15(2)33-18-10-8-16(9-11-18)22(29)20-21(17-6-4-7-19(14-17)32-3)28(24(31)23(20)30)25-26-12-5-13-27-25/h4-15,21,29H,1-3H3. The number of anilines is 1. The number of rotatable bonds is 6. The van der Waals surface area contributed by atoms with E-state index < -0.39 is 17.7 Å². The van der Waals surface area contributed by atoms with Crippen molar-refractivity contribution in [3.8, 4) is 11.5 Å². The van der Waals surface area contributed by atoms with Gasteiger partial charge in [0, 0.05) is 18.0 Å². The second kappa shape index (κ2) is 9.12. The highest BCUT2D eigenvalue weighted by Gasteiger charge is 2.48. The second-order valence-corrected chi connectivity index (χ2v) is 7.69. The number of Topliss-reactive ketones (excluding diaryl/α,β-unsaturated/α-hetero) is 1. The summed E-state index contributed by atoms with van der Waals surface area (Å²) in [5, 5.41) is 11.2. The third kappa shape index (κ3) is 4.27. The van der Waals surface area contributed by atoms with Gasteiger partial charge in [0.1, 0.15) is 17.3 Å². The van der Waals surface area contributed by atoms with Crippen LogP contribution in [0.5, 0.6) is 11.5 Å². The third-order valence-corrected chi connectivity index (χ3v) is 5.12. The zero-order chi connectivity index (χ0) is 23.5. The molecule has 0 aliphatic carbocycles. The molecule has 4 rings (SSSR count). The Morgan fingerprint density at radius 3 is 2.33 bits per heavy atom. The number of aromatic nitrogens is 2. The molecule has 1 atom stereocenters. The van der Waals surface area contributed by atoms with Crippen LogP contribution < -0.4 is 14.4 Å². The highest BCUT2D eigenvalue weighted by Crippen LogP contribution is 2.41. The van der Waals surface area contributed by atoms with Gasteiger partial charge in [-0.2, -0.15) is 0 Å². The Kier molecular flexibility index (Phi) is 6.08. The Labute approximate surface area is 191 Å². The van der Waals surface area contributed by atoms with Gasteiger partial charge in [-0.15, -0.1) is 0 Å². The van der Waals surface area contributed by atoms with Crippen molar-refractivity contribution in [3.63, 3.8) is 0 Å². The molecule has 8 nitrogen and oxygen atoms in total. The molecule has 1 unspecified atom stereocenters. The molecule has 1 saturated heterocycles. The van der Waals surface area contributed by atoms with Crippen LogP contribution in [-0.2, 0) is 9.59 Å². The molecule has 1 aliphatic heterocycles. The Morgan fingerprint density at radius 2 is 1.70 bits per heavy atom. The van der Waals surface area contributed by atoms with E-state index in [1.165, 1.54) is 24.4 Å². The first-order valence-electron chi connectivity index (χ1n) is 10.4. The second-order valence-electron chi connectivity index (χ2n) is 7.69. The van der Waals surface area contributed by atoms with Crippen LogP contribution in [-0.4, -0.2) is 40.0 Å². The molecule has 0 radical (unpaired) electrons. The van der Waals surface area contributed by atoms with E-state index in [0.29, 0.717) is 22.6 Å². The van der Waals surface area contributed by atoms with Gasteiger partial charge in [-0.1, -0.05) is 12.1 Å². The Morgan fingerprint density at radius 1 is 1.00 bits per heavy atom. The molecule has 8 heteroatoms. The summed E-state index contributed by atoms with van der Waals surface area (Å²) in [4.78, 5) is 35.7. The fourth-order valence-electron chi connectivity index (χ4n) is 3.70. The zero-order valence-electron chi connectivity index (χ0n) is 18.4. The fraction of sp³-hybridized carbons (Fsp3) is 0.200. The number of ether oxygens (including phenoxy) is 2. The van der Waals surface area contributed by atoms with E-state index >= 15 is 0 Å². The quantitative estimate of drug-likeness (QED) is 0.349. The van der Waals surface area contributed by atoms with Crippen LogP contribution in [0.4, 0.5) is 5.95 Å². The molecule has 2 aromatic carbocycles. The van der Waals surface area contributed by atoms with Crippen molar-refractivity contribution in [2.45, 2.75) is 26.0 Å². The maximum Gasteiger partial charge on any atom is 0.302 e. The number of hydrogen-bond acceptors (Lipinski definition) is 7. The third-order valence-electron chi connectivity index (χ3n) is 5.12. The van der Waals surface area contributed by atoms with Gasteiger partial charge in [0.15, 0.2) is 0 Å². The monoisotopic (exact) mass is 445 g/mol. The van der Waals surface area contributed by atoms with Crippen molar-refractivity contribution >= 4 is 23.4 Å². The molecule has 168 valence electrons. The first-order valence-corrected chi connectivity index (χ1v) is 10.4. The smallest absolute Gasteiger partial charge is 0.302 e. The molecule has 1 aliphatic rings. The van der Waals surface area contributed by atoms with Crippen LogP contribution in [0.25, 0.3) is 5.76 Å². The molecule has 3 aromatic rings. The fourth-order valence-corrected chi connectivity index (χ4v) is 3.70. The van der Waals surface area contributed by atoms with E-state index in [1.807, 2.05) is 13.8 Å². The van der Waals surface area contributed by atoms with Crippen molar-refractivity contribution in [2.24, 2.45) is 0 Å². The lowest BCUT2D eigenvalue weighted by molar-refractivity contribution is -0.132. The number of aliphatic hydroxyl groups is 1. The number of aliphatic hydroxyl groups excluding tert-OH is 1. The number of amides is 1. The van der Waals surface area contributed by atoms with Crippen LogP contribution in [0.1, 0.15) is 31.0 Å². The topological polar surface area (TPSA) is 102 Å². The van der Waals surface area contributed by atoms with E-state index in [2.05, 4.69) is 9.97 Å². The summed E-state index contributed by atoms with van der Waals surface area (Å²) in [6.07, 6.45) is 2.96. The van der Waals surface area contributed by atoms with Crippen LogP contribution in [0, 0.1) is 0 Å². The molecule has 1 amide bonds.